The SMILES string of the molecule is CCCC1(O)C(O)C(C)C/C=C\C=C/C(CC(C)O)CCC2OC3(CCC(C)C(C(C)C(O)CC)O3)C(C)C(OC(=O)/C=C\C(C)C(O)C(C)C(O)C(OC3CCC(O)C(C)O3)C(O)C(O)C1O)C2C. The molecular weight excluding hydrogens is 905 g/mol. The Hall–Kier alpha value is -1.87. The fraction of sp³-hybridized carbons (Fsp3) is 0.870. The maximum Gasteiger partial charge on any atom is 0.330 e. The Morgan fingerprint density at radius 2 is 1.46 bits per heavy atom. The van der Waals surface area contributed by atoms with Gasteiger partial charge in [-0.1, -0.05) is 99.1 Å². The number of rotatable bonds is 9. The number of allylic oxidation sites excluding steroid dienone is 4. The molecule has 406 valence electrons. The van der Waals surface area contributed by atoms with Gasteiger partial charge in [0.2, 0.25) is 0 Å². The van der Waals surface area contributed by atoms with E-state index < -0.39 is 127 Å². The van der Waals surface area contributed by atoms with Crippen molar-refractivity contribution >= 4 is 5.97 Å². The van der Waals surface area contributed by atoms with E-state index in [-0.39, 0.29) is 61.9 Å². The third-order valence-corrected chi connectivity index (χ3v) is 16.5. The van der Waals surface area contributed by atoms with Crippen molar-refractivity contribution in [3.63, 3.8) is 0 Å². The molecule has 4 aliphatic rings. The molecule has 0 aromatic carbocycles. The Balaban J connectivity index is 1.77. The van der Waals surface area contributed by atoms with Gasteiger partial charge in [-0.05, 0) is 83.0 Å². The standard InChI is InChI=1S/C54H94O16/c1-12-26-53(65)51(63)31(5)17-15-14-16-18-38(28-32(6)55)20-22-41-34(8)49(36(10)54(69-41)27-25-30(4)48(70-54)33(7)39(56)13-2)67-42(58)23-19-29(3)44(59)35(9)45(60)50(46(61)47(62)52(53)64)68-43-24-21-40(57)37(11)66-43/h14-16,18-19,23,29-41,43-52,55-57,59-65H,12-13,17,20-22,24-28H2,1-11H3/b15-14-,18-16-,23-19-. The van der Waals surface area contributed by atoms with Crippen LogP contribution in [0.1, 0.15) is 147 Å². The number of esters is 1. The molecule has 0 saturated carbocycles. The Bertz CT molecular complexity index is 1660. The molecule has 3 saturated heterocycles. The zero-order chi connectivity index (χ0) is 52.4. The summed E-state index contributed by atoms with van der Waals surface area (Å²) in [5.41, 5.74) is -2.33. The maximum atomic E-state index is 13.9. The lowest BCUT2D eigenvalue weighted by Gasteiger charge is -2.56. The van der Waals surface area contributed by atoms with E-state index in [1.54, 1.807) is 34.6 Å². The minimum absolute atomic E-state index is 0.0833. The number of hydrogen-bond donors (Lipinski definition) is 10. The van der Waals surface area contributed by atoms with Crippen molar-refractivity contribution in [2.24, 2.45) is 47.3 Å². The molecule has 0 amide bonds. The first kappa shape index (κ1) is 60.7. The third-order valence-electron chi connectivity index (χ3n) is 16.5. The first-order chi connectivity index (χ1) is 32.8. The predicted molar refractivity (Wildman–Crippen MR) is 263 cm³/mol. The molecular formula is C54H94O16. The molecule has 4 aliphatic heterocycles. The van der Waals surface area contributed by atoms with Crippen molar-refractivity contribution in [2.45, 2.75) is 250 Å². The molecule has 2 bridgehead atoms. The smallest absolute Gasteiger partial charge is 0.330 e. The van der Waals surface area contributed by atoms with Crippen LogP contribution in [0.15, 0.2) is 36.5 Å². The van der Waals surface area contributed by atoms with Crippen molar-refractivity contribution < 1.29 is 79.5 Å². The van der Waals surface area contributed by atoms with Crippen LogP contribution in [0, 0.1) is 47.3 Å². The third kappa shape index (κ3) is 14.9. The van der Waals surface area contributed by atoms with Gasteiger partial charge < -0.3 is 74.7 Å². The van der Waals surface area contributed by atoms with Gasteiger partial charge in [-0.3, -0.25) is 0 Å². The predicted octanol–water partition coefficient (Wildman–Crippen LogP) is 4.60. The highest BCUT2D eigenvalue weighted by Crippen LogP contribution is 2.50. The highest BCUT2D eigenvalue weighted by molar-refractivity contribution is 5.82. The summed E-state index contributed by atoms with van der Waals surface area (Å²) in [6, 6.07) is 0. The van der Waals surface area contributed by atoms with Gasteiger partial charge in [0.15, 0.2) is 12.1 Å². The Labute approximate surface area is 418 Å². The van der Waals surface area contributed by atoms with Crippen molar-refractivity contribution in [2.75, 3.05) is 0 Å². The van der Waals surface area contributed by atoms with Crippen molar-refractivity contribution in [1.82, 2.24) is 0 Å². The Kier molecular flexibility index (Phi) is 23.5. The molecule has 3 fully saturated rings. The average Bonchev–Trinajstić information content (AvgIpc) is 3.33. The molecule has 70 heavy (non-hydrogen) atoms. The molecule has 0 aliphatic carbocycles. The van der Waals surface area contributed by atoms with Gasteiger partial charge in [-0.15, -0.1) is 0 Å². The summed E-state index contributed by atoms with van der Waals surface area (Å²) in [5, 5.41) is 115. The van der Waals surface area contributed by atoms with E-state index in [0.717, 1.165) is 6.42 Å². The van der Waals surface area contributed by atoms with Crippen LogP contribution in [-0.4, -0.2) is 160 Å². The van der Waals surface area contributed by atoms with Crippen molar-refractivity contribution in [3.05, 3.63) is 36.5 Å². The molecule has 16 nitrogen and oxygen atoms in total. The van der Waals surface area contributed by atoms with Gasteiger partial charge in [-0.2, -0.15) is 0 Å². The van der Waals surface area contributed by atoms with E-state index in [4.69, 9.17) is 23.7 Å². The van der Waals surface area contributed by atoms with Gasteiger partial charge in [0.1, 0.15) is 36.1 Å². The zero-order valence-corrected chi connectivity index (χ0v) is 43.9. The molecule has 0 radical (unpaired) electrons. The van der Waals surface area contributed by atoms with Crippen LogP contribution in [0.5, 0.6) is 0 Å². The summed E-state index contributed by atoms with van der Waals surface area (Å²) in [6.45, 7) is 20.0. The second-order valence-electron chi connectivity index (χ2n) is 22.1. The quantitative estimate of drug-likeness (QED) is 0.142. The minimum atomic E-state index is -2.33. The summed E-state index contributed by atoms with van der Waals surface area (Å²) in [6.07, 6.45) is -3.50. The normalized spacial score (nSPS) is 47.4. The fourth-order valence-electron chi connectivity index (χ4n) is 11.5. The largest absolute Gasteiger partial charge is 0.458 e. The number of ether oxygens (including phenoxy) is 5. The van der Waals surface area contributed by atoms with Crippen LogP contribution in [0.25, 0.3) is 0 Å². The first-order valence-electron chi connectivity index (χ1n) is 26.6. The van der Waals surface area contributed by atoms with Crippen LogP contribution >= 0.6 is 0 Å². The first-order valence-corrected chi connectivity index (χ1v) is 26.6. The van der Waals surface area contributed by atoms with Gasteiger partial charge in [0, 0.05) is 48.5 Å². The molecule has 10 N–H and O–H groups in total. The summed E-state index contributed by atoms with van der Waals surface area (Å²) < 4.78 is 32.4. The molecule has 25 unspecified atom stereocenters. The van der Waals surface area contributed by atoms with Crippen LogP contribution in [0.2, 0.25) is 0 Å². The van der Waals surface area contributed by atoms with Crippen LogP contribution < -0.4 is 0 Å². The number of aliphatic hydroxyl groups is 10. The van der Waals surface area contributed by atoms with Crippen molar-refractivity contribution in [3.8, 4) is 0 Å². The molecule has 1 spiro atoms. The second-order valence-corrected chi connectivity index (χ2v) is 22.1. The number of carbonyl (C=O) groups is 1. The highest BCUT2D eigenvalue weighted by atomic mass is 16.7. The molecule has 4 heterocycles. The number of fused-ring (bicyclic) bond motifs is 2. The summed E-state index contributed by atoms with van der Waals surface area (Å²) >= 11 is 0. The fourth-order valence-corrected chi connectivity index (χ4v) is 11.5. The zero-order valence-electron chi connectivity index (χ0n) is 43.9. The second kappa shape index (κ2) is 27.1. The lowest BCUT2D eigenvalue weighted by Crippen LogP contribution is -2.63. The van der Waals surface area contributed by atoms with Crippen molar-refractivity contribution in [1.29, 1.82) is 0 Å². The lowest BCUT2D eigenvalue weighted by molar-refractivity contribution is -0.376. The Morgan fingerprint density at radius 3 is 2.09 bits per heavy atom. The molecule has 16 heteroatoms. The van der Waals surface area contributed by atoms with Crippen LogP contribution in [-0.2, 0) is 28.5 Å². The highest BCUT2D eigenvalue weighted by Gasteiger charge is 2.57. The van der Waals surface area contributed by atoms with E-state index in [2.05, 4.69) is 6.92 Å². The van der Waals surface area contributed by atoms with Crippen LogP contribution in [0.3, 0.4) is 0 Å². The average molecular weight is 999 g/mol. The molecule has 0 aromatic rings. The Morgan fingerprint density at radius 1 is 0.771 bits per heavy atom. The molecule has 4 rings (SSSR count). The minimum Gasteiger partial charge on any atom is -0.458 e. The number of carbonyl (C=O) groups excluding carboxylic acids is 1. The van der Waals surface area contributed by atoms with E-state index in [9.17, 15) is 55.9 Å². The monoisotopic (exact) mass is 999 g/mol. The van der Waals surface area contributed by atoms with Crippen LogP contribution in [0.4, 0.5) is 0 Å². The van der Waals surface area contributed by atoms with E-state index in [1.165, 1.54) is 19.1 Å². The van der Waals surface area contributed by atoms with Gasteiger partial charge >= 0.3 is 5.97 Å². The summed E-state index contributed by atoms with van der Waals surface area (Å²) in [5.74, 6) is -5.18. The van der Waals surface area contributed by atoms with Gasteiger partial charge in [0.05, 0.1) is 54.9 Å². The van der Waals surface area contributed by atoms with Gasteiger partial charge in [-0.25, -0.2) is 4.79 Å². The summed E-state index contributed by atoms with van der Waals surface area (Å²) in [4.78, 5) is 13.9. The molecule has 0 aromatic heterocycles. The summed E-state index contributed by atoms with van der Waals surface area (Å²) in [7, 11) is 0. The van der Waals surface area contributed by atoms with E-state index in [0.29, 0.717) is 32.1 Å². The van der Waals surface area contributed by atoms with E-state index >= 15 is 0 Å². The topological polar surface area (TPSA) is 266 Å². The van der Waals surface area contributed by atoms with E-state index in [1.807, 2.05) is 52.0 Å². The lowest BCUT2D eigenvalue weighted by atomic mass is 9.73. The number of aliphatic hydroxyl groups excluding tert-OH is 9. The van der Waals surface area contributed by atoms with Gasteiger partial charge in [0.25, 0.3) is 0 Å². The molecule has 25 atom stereocenters. The maximum absolute atomic E-state index is 13.9. The number of hydrogen-bond acceptors (Lipinski definition) is 16.